The summed E-state index contributed by atoms with van der Waals surface area (Å²) >= 11 is 0. The van der Waals surface area contributed by atoms with Crippen molar-refractivity contribution < 1.29 is 33.0 Å². The van der Waals surface area contributed by atoms with Crippen LogP contribution in [0.4, 0.5) is 8.78 Å². The first-order chi connectivity index (χ1) is 11.7. The van der Waals surface area contributed by atoms with E-state index in [4.69, 9.17) is 5.11 Å². The maximum Gasteiger partial charge on any atom is 0.387 e. The summed E-state index contributed by atoms with van der Waals surface area (Å²) in [7, 11) is 0. The SMILES string of the molecule is CC(C)C[C@H](NC(=O)CNC(=O)c1cccc(OC(F)F)c1)C(=O)O. The number of ether oxygens (including phenoxy) is 1. The fourth-order valence-corrected chi connectivity index (χ4v) is 2.01. The van der Waals surface area contributed by atoms with Crippen molar-refractivity contribution in [2.24, 2.45) is 5.92 Å². The molecule has 0 fully saturated rings. The summed E-state index contributed by atoms with van der Waals surface area (Å²) in [5.74, 6) is -2.62. The molecule has 0 radical (unpaired) electrons. The van der Waals surface area contributed by atoms with Gasteiger partial charge < -0.3 is 20.5 Å². The summed E-state index contributed by atoms with van der Waals surface area (Å²) in [6.07, 6.45) is 0.252. The van der Waals surface area contributed by atoms with Crippen molar-refractivity contribution in [1.82, 2.24) is 10.6 Å². The summed E-state index contributed by atoms with van der Waals surface area (Å²) < 4.78 is 28.5. The molecule has 0 aromatic heterocycles. The Hall–Kier alpha value is -2.71. The predicted octanol–water partition coefficient (Wildman–Crippen LogP) is 1.63. The quantitative estimate of drug-likeness (QED) is 0.622. The molecule has 0 heterocycles. The average Bonchev–Trinajstić information content (AvgIpc) is 2.51. The Morgan fingerprint density at radius 2 is 1.92 bits per heavy atom. The Kier molecular flexibility index (Phi) is 7.77. The molecule has 1 aromatic carbocycles. The van der Waals surface area contributed by atoms with E-state index in [1.807, 2.05) is 13.8 Å². The van der Waals surface area contributed by atoms with Crippen molar-refractivity contribution in [3.05, 3.63) is 29.8 Å². The highest BCUT2D eigenvalue weighted by Gasteiger charge is 2.21. The molecule has 1 rings (SSSR count). The van der Waals surface area contributed by atoms with Gasteiger partial charge in [0.25, 0.3) is 5.91 Å². The van der Waals surface area contributed by atoms with E-state index >= 15 is 0 Å². The largest absolute Gasteiger partial charge is 0.480 e. The lowest BCUT2D eigenvalue weighted by Crippen LogP contribution is -2.46. The number of nitrogens with one attached hydrogen (secondary N) is 2. The summed E-state index contributed by atoms with van der Waals surface area (Å²) in [6.45, 7) is 0.176. The minimum atomic E-state index is -3.02. The van der Waals surface area contributed by atoms with Gasteiger partial charge in [0.05, 0.1) is 6.54 Å². The number of benzene rings is 1. The number of carbonyl (C=O) groups is 3. The van der Waals surface area contributed by atoms with Gasteiger partial charge in [0.1, 0.15) is 11.8 Å². The minimum absolute atomic E-state index is 0.0305. The van der Waals surface area contributed by atoms with Crippen LogP contribution in [0.3, 0.4) is 0 Å². The van der Waals surface area contributed by atoms with Crippen molar-refractivity contribution in [3.8, 4) is 5.75 Å². The zero-order valence-corrected chi connectivity index (χ0v) is 13.8. The monoisotopic (exact) mass is 358 g/mol. The van der Waals surface area contributed by atoms with Crippen molar-refractivity contribution in [2.75, 3.05) is 6.54 Å². The number of carboxylic acids is 1. The predicted molar refractivity (Wildman–Crippen MR) is 84.4 cm³/mol. The standard InChI is InChI=1S/C16H20F2N2O5/c1-9(2)6-12(15(23)24)20-13(21)8-19-14(22)10-4-3-5-11(7-10)25-16(17)18/h3-5,7,9,12,16H,6,8H2,1-2H3,(H,19,22)(H,20,21)(H,23,24)/t12-/m0/s1. The van der Waals surface area contributed by atoms with Crippen LogP contribution in [0.25, 0.3) is 0 Å². The Labute approximate surface area is 143 Å². The number of halogens is 2. The van der Waals surface area contributed by atoms with E-state index in [0.717, 1.165) is 6.07 Å². The van der Waals surface area contributed by atoms with E-state index < -0.39 is 37.0 Å². The number of rotatable bonds is 9. The highest BCUT2D eigenvalue weighted by atomic mass is 19.3. The van der Waals surface area contributed by atoms with Gasteiger partial charge in [-0.05, 0) is 30.5 Å². The molecule has 0 saturated carbocycles. The van der Waals surface area contributed by atoms with Gasteiger partial charge in [0.15, 0.2) is 0 Å². The molecule has 2 amide bonds. The lowest BCUT2D eigenvalue weighted by atomic mass is 10.0. The molecule has 9 heteroatoms. The highest BCUT2D eigenvalue weighted by molar-refractivity contribution is 5.97. The molecule has 0 aliphatic carbocycles. The molecule has 7 nitrogen and oxygen atoms in total. The smallest absolute Gasteiger partial charge is 0.387 e. The molecule has 25 heavy (non-hydrogen) atoms. The molecule has 3 N–H and O–H groups in total. The van der Waals surface area contributed by atoms with Crippen molar-refractivity contribution in [2.45, 2.75) is 32.9 Å². The van der Waals surface area contributed by atoms with Crippen LogP contribution in [0.5, 0.6) is 5.75 Å². The second kappa shape index (κ2) is 9.55. The van der Waals surface area contributed by atoms with Gasteiger partial charge in [0.2, 0.25) is 5.91 Å². The minimum Gasteiger partial charge on any atom is -0.480 e. The third kappa shape index (κ3) is 7.60. The molecule has 0 bridgehead atoms. The van der Waals surface area contributed by atoms with E-state index in [0.29, 0.717) is 0 Å². The molecule has 0 saturated heterocycles. The van der Waals surface area contributed by atoms with Gasteiger partial charge >= 0.3 is 12.6 Å². The van der Waals surface area contributed by atoms with Crippen molar-refractivity contribution in [3.63, 3.8) is 0 Å². The van der Waals surface area contributed by atoms with Crippen molar-refractivity contribution in [1.29, 1.82) is 0 Å². The van der Waals surface area contributed by atoms with Crippen molar-refractivity contribution >= 4 is 17.8 Å². The number of carboxylic acid groups (broad SMARTS) is 1. The number of hydrogen-bond acceptors (Lipinski definition) is 4. The molecular formula is C16H20F2N2O5. The lowest BCUT2D eigenvalue weighted by molar-refractivity contribution is -0.142. The van der Waals surface area contributed by atoms with Gasteiger partial charge in [-0.3, -0.25) is 9.59 Å². The fourth-order valence-electron chi connectivity index (χ4n) is 2.01. The molecule has 138 valence electrons. The van der Waals surface area contributed by atoms with Gasteiger partial charge in [0, 0.05) is 5.56 Å². The van der Waals surface area contributed by atoms with Crippen LogP contribution >= 0.6 is 0 Å². The van der Waals surface area contributed by atoms with Crippen LogP contribution in [0.2, 0.25) is 0 Å². The maximum absolute atomic E-state index is 12.2. The normalized spacial score (nSPS) is 11.9. The first kappa shape index (κ1) is 20.3. The summed E-state index contributed by atoms with van der Waals surface area (Å²) in [5.41, 5.74) is 0.0305. The van der Waals surface area contributed by atoms with E-state index in [9.17, 15) is 23.2 Å². The zero-order valence-electron chi connectivity index (χ0n) is 13.8. The van der Waals surface area contributed by atoms with Gasteiger partial charge in [-0.2, -0.15) is 8.78 Å². The van der Waals surface area contributed by atoms with Crippen LogP contribution in [0.15, 0.2) is 24.3 Å². The second-order valence-electron chi connectivity index (χ2n) is 5.68. The number of alkyl halides is 2. The van der Waals surface area contributed by atoms with Crippen LogP contribution < -0.4 is 15.4 Å². The number of aliphatic carboxylic acids is 1. The second-order valence-corrected chi connectivity index (χ2v) is 5.68. The Bertz CT molecular complexity index is 622. The summed E-state index contributed by atoms with van der Waals surface area (Å²) in [5, 5.41) is 13.7. The molecule has 0 unspecified atom stereocenters. The topological polar surface area (TPSA) is 105 Å². The Morgan fingerprint density at radius 3 is 2.48 bits per heavy atom. The average molecular weight is 358 g/mol. The highest BCUT2D eigenvalue weighted by Crippen LogP contribution is 2.15. The molecular weight excluding hydrogens is 338 g/mol. The third-order valence-electron chi connectivity index (χ3n) is 3.07. The molecule has 0 spiro atoms. The molecule has 1 atom stereocenters. The Morgan fingerprint density at radius 1 is 1.24 bits per heavy atom. The first-order valence-electron chi connectivity index (χ1n) is 7.54. The van der Waals surface area contributed by atoms with E-state index in [1.165, 1.54) is 18.2 Å². The molecule has 0 aliphatic heterocycles. The fraction of sp³-hybridized carbons (Fsp3) is 0.438. The molecule has 0 aliphatic rings. The maximum atomic E-state index is 12.2. The van der Waals surface area contributed by atoms with Crippen LogP contribution in [0.1, 0.15) is 30.6 Å². The first-order valence-corrected chi connectivity index (χ1v) is 7.54. The van der Waals surface area contributed by atoms with Gasteiger partial charge in [-0.25, -0.2) is 4.79 Å². The van der Waals surface area contributed by atoms with Gasteiger partial charge in [-0.15, -0.1) is 0 Å². The summed E-state index contributed by atoms with van der Waals surface area (Å²) in [4.78, 5) is 34.8. The van der Waals surface area contributed by atoms with Crippen LogP contribution in [0, 0.1) is 5.92 Å². The van der Waals surface area contributed by atoms with Crippen LogP contribution in [-0.4, -0.2) is 42.1 Å². The Balaban J connectivity index is 2.57. The van der Waals surface area contributed by atoms with Gasteiger partial charge in [-0.1, -0.05) is 19.9 Å². The summed E-state index contributed by atoms with van der Waals surface area (Å²) in [6, 6.07) is 4.05. The van der Waals surface area contributed by atoms with E-state index in [2.05, 4.69) is 15.4 Å². The zero-order chi connectivity index (χ0) is 19.0. The number of hydrogen-bond donors (Lipinski definition) is 3. The van der Waals surface area contributed by atoms with E-state index in [1.54, 1.807) is 0 Å². The molecule has 1 aromatic rings. The van der Waals surface area contributed by atoms with Crippen LogP contribution in [-0.2, 0) is 9.59 Å². The number of amides is 2. The van der Waals surface area contributed by atoms with E-state index in [-0.39, 0.29) is 23.7 Å². The number of carbonyl (C=O) groups excluding carboxylic acids is 2. The third-order valence-corrected chi connectivity index (χ3v) is 3.07. The lowest BCUT2D eigenvalue weighted by Gasteiger charge is -2.16.